The summed E-state index contributed by atoms with van der Waals surface area (Å²) in [6.45, 7) is 5.22. The van der Waals surface area contributed by atoms with Crippen LogP contribution in [-0.2, 0) is 11.3 Å². The summed E-state index contributed by atoms with van der Waals surface area (Å²) in [5, 5.41) is 16.2. The molecule has 2 unspecified atom stereocenters. The minimum Gasteiger partial charge on any atom is -0.481 e. The lowest BCUT2D eigenvalue weighted by Crippen LogP contribution is -2.28. The number of carboxylic acids is 1. The first kappa shape index (κ1) is 14.0. The first-order valence-corrected chi connectivity index (χ1v) is 6.84. The molecule has 1 heterocycles. The van der Waals surface area contributed by atoms with E-state index in [1.165, 1.54) is 0 Å². The number of aliphatic carboxylic acids is 1. The Labute approximate surface area is 112 Å². The van der Waals surface area contributed by atoms with Gasteiger partial charge in [0, 0.05) is 5.92 Å². The molecule has 0 aliphatic heterocycles. The van der Waals surface area contributed by atoms with E-state index in [4.69, 9.17) is 9.63 Å². The second-order valence-corrected chi connectivity index (χ2v) is 5.47. The summed E-state index contributed by atoms with van der Waals surface area (Å²) < 4.78 is 5.13. The normalized spacial score (nSPS) is 23.1. The third kappa shape index (κ3) is 3.53. The van der Waals surface area contributed by atoms with Crippen LogP contribution in [0.15, 0.2) is 4.52 Å². The monoisotopic (exact) mass is 267 g/mol. The Bertz CT molecular complexity index is 431. The van der Waals surface area contributed by atoms with Crippen molar-refractivity contribution in [2.75, 3.05) is 6.54 Å². The molecule has 1 aliphatic carbocycles. The van der Waals surface area contributed by atoms with Gasteiger partial charge in [-0.15, -0.1) is 0 Å². The topological polar surface area (TPSA) is 88.2 Å². The van der Waals surface area contributed by atoms with Crippen molar-refractivity contribution in [3.63, 3.8) is 0 Å². The smallest absolute Gasteiger partial charge is 0.306 e. The summed E-state index contributed by atoms with van der Waals surface area (Å²) in [5.41, 5.74) is 0. The minimum atomic E-state index is -0.677. The Morgan fingerprint density at radius 2 is 2.32 bits per heavy atom. The maximum absolute atomic E-state index is 11.1. The van der Waals surface area contributed by atoms with Crippen molar-refractivity contribution < 1.29 is 14.4 Å². The first-order chi connectivity index (χ1) is 9.08. The van der Waals surface area contributed by atoms with Gasteiger partial charge < -0.3 is 14.9 Å². The molecule has 1 aliphatic rings. The lowest BCUT2D eigenvalue weighted by atomic mass is 9.96. The lowest BCUT2D eigenvalue weighted by molar-refractivity contribution is -0.142. The van der Waals surface area contributed by atoms with E-state index in [2.05, 4.69) is 15.5 Å². The Balaban J connectivity index is 1.78. The zero-order chi connectivity index (χ0) is 13.8. The number of rotatable bonds is 6. The van der Waals surface area contributed by atoms with Gasteiger partial charge in [-0.2, -0.15) is 4.98 Å². The molecule has 0 bridgehead atoms. The van der Waals surface area contributed by atoms with Crippen molar-refractivity contribution in [2.45, 2.75) is 45.6 Å². The van der Waals surface area contributed by atoms with Crippen molar-refractivity contribution in [1.29, 1.82) is 0 Å². The quantitative estimate of drug-likeness (QED) is 0.816. The van der Waals surface area contributed by atoms with E-state index in [-0.39, 0.29) is 17.8 Å². The van der Waals surface area contributed by atoms with E-state index in [0.717, 1.165) is 19.3 Å². The van der Waals surface area contributed by atoms with Gasteiger partial charge in [0.25, 0.3) is 0 Å². The summed E-state index contributed by atoms with van der Waals surface area (Å²) in [5.74, 6) is 0.856. The molecular weight excluding hydrogens is 246 g/mol. The number of nitrogens with zero attached hydrogens (tertiary/aromatic N) is 2. The fourth-order valence-corrected chi connectivity index (χ4v) is 2.55. The molecule has 1 fully saturated rings. The first-order valence-electron chi connectivity index (χ1n) is 6.84. The summed E-state index contributed by atoms with van der Waals surface area (Å²) >= 11 is 0. The Morgan fingerprint density at radius 1 is 1.53 bits per heavy atom. The highest BCUT2D eigenvalue weighted by Gasteiger charge is 2.32. The average Bonchev–Trinajstić information content (AvgIpc) is 2.97. The van der Waals surface area contributed by atoms with Crippen LogP contribution in [0.3, 0.4) is 0 Å². The maximum Gasteiger partial charge on any atom is 0.306 e. The molecule has 0 amide bonds. The van der Waals surface area contributed by atoms with Crippen molar-refractivity contribution in [1.82, 2.24) is 15.5 Å². The molecule has 0 spiro atoms. The maximum atomic E-state index is 11.1. The number of nitrogens with one attached hydrogen (secondary N) is 1. The van der Waals surface area contributed by atoms with Gasteiger partial charge >= 0.3 is 5.97 Å². The van der Waals surface area contributed by atoms with Gasteiger partial charge in [0.1, 0.15) is 0 Å². The molecule has 6 nitrogen and oxygen atoms in total. The molecule has 19 heavy (non-hydrogen) atoms. The van der Waals surface area contributed by atoms with Crippen LogP contribution in [-0.4, -0.2) is 27.8 Å². The van der Waals surface area contributed by atoms with Gasteiger partial charge in [-0.25, -0.2) is 0 Å². The van der Waals surface area contributed by atoms with Crippen molar-refractivity contribution in [3.8, 4) is 0 Å². The Hall–Kier alpha value is -1.43. The SMILES string of the molecule is CC(C)c1noc(CNCC2CCCC2C(=O)O)n1. The van der Waals surface area contributed by atoms with Crippen LogP contribution in [0, 0.1) is 11.8 Å². The van der Waals surface area contributed by atoms with Crippen LogP contribution in [0.2, 0.25) is 0 Å². The Morgan fingerprint density at radius 3 is 2.95 bits per heavy atom. The molecule has 106 valence electrons. The lowest BCUT2D eigenvalue weighted by Gasteiger charge is -2.15. The number of aromatic nitrogens is 2. The summed E-state index contributed by atoms with van der Waals surface area (Å²) in [6.07, 6.45) is 2.77. The number of hydrogen-bond acceptors (Lipinski definition) is 5. The largest absolute Gasteiger partial charge is 0.481 e. The second kappa shape index (κ2) is 6.14. The molecule has 1 saturated carbocycles. The van der Waals surface area contributed by atoms with Crippen molar-refractivity contribution in [2.24, 2.45) is 11.8 Å². The van der Waals surface area contributed by atoms with E-state index < -0.39 is 5.97 Å². The van der Waals surface area contributed by atoms with Crippen LogP contribution < -0.4 is 5.32 Å². The molecule has 2 rings (SSSR count). The zero-order valence-corrected chi connectivity index (χ0v) is 11.4. The predicted molar refractivity (Wildman–Crippen MR) is 68.6 cm³/mol. The molecule has 0 saturated heterocycles. The summed E-state index contributed by atoms with van der Waals surface area (Å²) in [6, 6.07) is 0. The molecule has 6 heteroatoms. The molecule has 2 atom stereocenters. The molecule has 0 aromatic carbocycles. The van der Waals surface area contributed by atoms with Gasteiger partial charge in [-0.05, 0) is 25.3 Å². The van der Waals surface area contributed by atoms with E-state index in [1.807, 2.05) is 13.8 Å². The predicted octanol–water partition coefficient (Wildman–Crippen LogP) is 1.78. The van der Waals surface area contributed by atoms with Gasteiger partial charge in [0.2, 0.25) is 5.89 Å². The van der Waals surface area contributed by atoms with E-state index >= 15 is 0 Å². The van der Waals surface area contributed by atoms with E-state index in [9.17, 15) is 4.79 Å². The highest BCUT2D eigenvalue weighted by molar-refractivity contribution is 5.70. The standard InChI is InChI=1S/C13H21N3O3/c1-8(2)12-15-11(19-16-12)7-14-6-9-4-3-5-10(9)13(17)18/h8-10,14H,3-7H2,1-2H3,(H,17,18). The number of carboxylic acid groups (broad SMARTS) is 1. The summed E-state index contributed by atoms with van der Waals surface area (Å²) in [7, 11) is 0. The third-order valence-electron chi connectivity index (χ3n) is 3.66. The fourth-order valence-electron chi connectivity index (χ4n) is 2.55. The third-order valence-corrected chi connectivity index (χ3v) is 3.66. The van der Waals surface area contributed by atoms with Gasteiger partial charge in [0.15, 0.2) is 5.82 Å². The molecule has 0 radical (unpaired) electrons. The van der Waals surface area contributed by atoms with Gasteiger partial charge in [0.05, 0.1) is 12.5 Å². The van der Waals surface area contributed by atoms with Gasteiger partial charge in [-0.3, -0.25) is 4.79 Å². The van der Waals surface area contributed by atoms with Crippen LogP contribution in [0.1, 0.15) is 50.7 Å². The summed E-state index contributed by atoms with van der Waals surface area (Å²) in [4.78, 5) is 15.3. The Kier molecular flexibility index (Phi) is 4.52. The highest BCUT2D eigenvalue weighted by atomic mass is 16.5. The minimum absolute atomic E-state index is 0.207. The fraction of sp³-hybridized carbons (Fsp3) is 0.769. The zero-order valence-electron chi connectivity index (χ0n) is 11.4. The molecular formula is C13H21N3O3. The second-order valence-electron chi connectivity index (χ2n) is 5.47. The van der Waals surface area contributed by atoms with Crippen LogP contribution in [0.4, 0.5) is 0 Å². The van der Waals surface area contributed by atoms with E-state index in [1.54, 1.807) is 0 Å². The average molecular weight is 267 g/mol. The molecule has 1 aromatic heterocycles. The van der Waals surface area contributed by atoms with E-state index in [0.29, 0.717) is 24.8 Å². The van der Waals surface area contributed by atoms with Crippen LogP contribution in [0.5, 0.6) is 0 Å². The molecule has 1 aromatic rings. The highest BCUT2D eigenvalue weighted by Crippen LogP contribution is 2.31. The number of hydrogen-bond donors (Lipinski definition) is 2. The molecule has 2 N–H and O–H groups in total. The number of carbonyl (C=O) groups is 1. The van der Waals surface area contributed by atoms with Crippen molar-refractivity contribution >= 4 is 5.97 Å². The van der Waals surface area contributed by atoms with Gasteiger partial charge in [-0.1, -0.05) is 25.4 Å². The van der Waals surface area contributed by atoms with Crippen LogP contribution >= 0.6 is 0 Å². The van der Waals surface area contributed by atoms with Crippen molar-refractivity contribution in [3.05, 3.63) is 11.7 Å². The van der Waals surface area contributed by atoms with Crippen LogP contribution in [0.25, 0.3) is 0 Å².